The zero-order valence-corrected chi connectivity index (χ0v) is 14.9. The van der Waals surface area contributed by atoms with E-state index in [4.69, 9.17) is 0 Å². The van der Waals surface area contributed by atoms with Crippen molar-refractivity contribution in [1.29, 1.82) is 0 Å². The van der Waals surface area contributed by atoms with Gasteiger partial charge in [0.25, 0.3) is 0 Å². The van der Waals surface area contributed by atoms with Crippen molar-refractivity contribution in [2.45, 2.75) is 32.4 Å². The molecule has 1 atom stereocenters. The summed E-state index contributed by atoms with van der Waals surface area (Å²) >= 11 is 1.67. The first-order valence-corrected chi connectivity index (χ1v) is 9.14. The Bertz CT molecular complexity index is 675. The first-order chi connectivity index (χ1) is 11.6. The number of carbonyl (C=O) groups excluding carboxylic acids is 1. The highest BCUT2D eigenvalue weighted by molar-refractivity contribution is 7.08. The number of thiophene rings is 1. The highest BCUT2D eigenvalue weighted by Crippen LogP contribution is 2.20. The lowest BCUT2D eigenvalue weighted by atomic mass is 10.0. The number of nitrogens with zero attached hydrogens (tertiary/aromatic N) is 4. The highest BCUT2D eigenvalue weighted by Gasteiger charge is 2.26. The van der Waals surface area contributed by atoms with Gasteiger partial charge in [0.15, 0.2) is 5.82 Å². The van der Waals surface area contributed by atoms with E-state index in [9.17, 15) is 4.79 Å². The minimum Gasteiger partial charge on any atom is -0.353 e. The normalized spacial score (nSPS) is 17.6. The van der Waals surface area contributed by atoms with Gasteiger partial charge in [0.2, 0.25) is 0 Å². The van der Waals surface area contributed by atoms with Gasteiger partial charge in [-0.2, -0.15) is 16.4 Å². The summed E-state index contributed by atoms with van der Waals surface area (Å²) in [5.41, 5.74) is 2.42. The van der Waals surface area contributed by atoms with E-state index in [0.29, 0.717) is 6.54 Å². The van der Waals surface area contributed by atoms with E-state index in [1.54, 1.807) is 17.5 Å². The predicted octanol–water partition coefficient (Wildman–Crippen LogP) is 2.66. The standard InChI is InChI=1S/C17H23N5OS/c1-13-11-24-12-14(13)9-18-17(23)21(2)15-5-4-8-22(10-15)16-6-3-7-19-20-16/h3,6-7,11-12,15H,4-5,8-10H2,1-2H3,(H,18,23). The molecule has 1 N–H and O–H groups in total. The summed E-state index contributed by atoms with van der Waals surface area (Å²) in [5.74, 6) is 0.880. The minimum absolute atomic E-state index is 0.0217. The van der Waals surface area contributed by atoms with Gasteiger partial charge in [0.1, 0.15) is 0 Å². The van der Waals surface area contributed by atoms with Crippen LogP contribution >= 0.6 is 11.3 Å². The number of aryl methyl sites for hydroxylation is 1. The molecule has 2 aromatic heterocycles. The first kappa shape index (κ1) is 16.7. The second-order valence-electron chi connectivity index (χ2n) is 6.17. The van der Waals surface area contributed by atoms with Crippen LogP contribution in [0.2, 0.25) is 0 Å². The Balaban J connectivity index is 1.56. The van der Waals surface area contributed by atoms with Gasteiger partial charge in [-0.3, -0.25) is 0 Å². The SMILES string of the molecule is Cc1cscc1CNC(=O)N(C)C1CCCN(c2cccnn2)C1. The average molecular weight is 345 g/mol. The zero-order valence-electron chi connectivity index (χ0n) is 14.1. The van der Waals surface area contributed by atoms with Gasteiger partial charge < -0.3 is 15.1 Å². The lowest BCUT2D eigenvalue weighted by Crippen LogP contribution is -2.51. The predicted molar refractivity (Wildman–Crippen MR) is 96.3 cm³/mol. The summed E-state index contributed by atoms with van der Waals surface area (Å²) in [4.78, 5) is 16.5. The van der Waals surface area contributed by atoms with Gasteiger partial charge in [-0.25, -0.2) is 4.79 Å². The summed E-state index contributed by atoms with van der Waals surface area (Å²) in [5, 5.41) is 15.3. The lowest BCUT2D eigenvalue weighted by molar-refractivity contribution is 0.182. The largest absolute Gasteiger partial charge is 0.353 e. The molecule has 2 aromatic rings. The molecule has 128 valence electrons. The van der Waals surface area contributed by atoms with E-state index in [0.717, 1.165) is 31.7 Å². The van der Waals surface area contributed by atoms with E-state index in [-0.39, 0.29) is 12.1 Å². The van der Waals surface area contributed by atoms with Crippen LogP contribution in [0.5, 0.6) is 0 Å². The van der Waals surface area contributed by atoms with Gasteiger partial charge in [0, 0.05) is 32.9 Å². The molecule has 0 aromatic carbocycles. The van der Waals surface area contributed by atoms with Crippen LogP contribution in [0.15, 0.2) is 29.1 Å². The van der Waals surface area contributed by atoms with Crippen molar-refractivity contribution in [2.75, 3.05) is 25.0 Å². The smallest absolute Gasteiger partial charge is 0.317 e. The fraction of sp³-hybridized carbons (Fsp3) is 0.471. The van der Waals surface area contributed by atoms with E-state index in [1.807, 2.05) is 24.1 Å². The van der Waals surface area contributed by atoms with Crippen LogP contribution in [0.25, 0.3) is 0 Å². The molecule has 1 saturated heterocycles. The highest BCUT2D eigenvalue weighted by atomic mass is 32.1. The van der Waals surface area contributed by atoms with Crippen LogP contribution in [-0.2, 0) is 6.54 Å². The van der Waals surface area contributed by atoms with Gasteiger partial charge >= 0.3 is 6.03 Å². The Labute approximate surface area is 146 Å². The molecule has 0 radical (unpaired) electrons. The molecule has 6 nitrogen and oxygen atoms in total. The maximum absolute atomic E-state index is 12.5. The molecule has 0 aliphatic carbocycles. The van der Waals surface area contributed by atoms with Crippen LogP contribution in [0, 0.1) is 6.92 Å². The van der Waals surface area contributed by atoms with Crippen molar-refractivity contribution in [3.8, 4) is 0 Å². The molecular weight excluding hydrogens is 322 g/mol. The number of hydrogen-bond acceptors (Lipinski definition) is 5. The third-order valence-electron chi connectivity index (χ3n) is 4.54. The van der Waals surface area contributed by atoms with E-state index in [1.165, 1.54) is 11.1 Å². The van der Waals surface area contributed by atoms with Crippen LogP contribution < -0.4 is 10.2 Å². The Morgan fingerprint density at radius 1 is 1.50 bits per heavy atom. The molecule has 3 rings (SSSR count). The molecule has 1 aliphatic heterocycles. The van der Waals surface area contributed by atoms with Crippen molar-refractivity contribution in [3.05, 3.63) is 40.2 Å². The number of carbonyl (C=O) groups is 1. The average Bonchev–Trinajstić information content (AvgIpc) is 3.05. The second-order valence-corrected chi connectivity index (χ2v) is 6.92. The van der Waals surface area contributed by atoms with Gasteiger partial charge in [0.05, 0.1) is 6.04 Å². The quantitative estimate of drug-likeness (QED) is 0.925. The zero-order chi connectivity index (χ0) is 16.9. The molecule has 2 amide bonds. The monoisotopic (exact) mass is 345 g/mol. The molecule has 0 spiro atoms. The summed E-state index contributed by atoms with van der Waals surface area (Å²) in [6, 6.07) is 4.02. The molecule has 0 saturated carbocycles. The third-order valence-corrected chi connectivity index (χ3v) is 5.45. The Hall–Kier alpha value is -2.15. The molecule has 1 fully saturated rings. The number of aromatic nitrogens is 2. The van der Waals surface area contributed by atoms with E-state index in [2.05, 4.69) is 38.1 Å². The maximum atomic E-state index is 12.5. The van der Waals surface area contributed by atoms with E-state index < -0.39 is 0 Å². The fourth-order valence-electron chi connectivity index (χ4n) is 2.97. The summed E-state index contributed by atoms with van der Waals surface area (Å²) < 4.78 is 0. The number of anilines is 1. The topological polar surface area (TPSA) is 61.4 Å². The molecule has 0 bridgehead atoms. The number of hydrogen-bond donors (Lipinski definition) is 1. The van der Waals surface area contributed by atoms with Gasteiger partial charge in [-0.1, -0.05) is 0 Å². The molecule has 1 unspecified atom stereocenters. The van der Waals surface area contributed by atoms with Crippen molar-refractivity contribution in [2.24, 2.45) is 0 Å². The van der Waals surface area contributed by atoms with Crippen LogP contribution in [0.1, 0.15) is 24.0 Å². The number of rotatable bonds is 4. The van der Waals surface area contributed by atoms with Crippen molar-refractivity contribution < 1.29 is 4.79 Å². The van der Waals surface area contributed by atoms with Gasteiger partial charge in [-0.15, -0.1) is 5.10 Å². The van der Waals surface area contributed by atoms with Crippen molar-refractivity contribution >= 4 is 23.2 Å². The number of amides is 2. The second kappa shape index (κ2) is 7.61. The third kappa shape index (κ3) is 3.84. The molecule has 7 heteroatoms. The number of likely N-dealkylation sites (N-methyl/N-ethyl adjacent to an activating group) is 1. The van der Waals surface area contributed by atoms with Crippen LogP contribution in [0.3, 0.4) is 0 Å². The molecule has 1 aliphatic rings. The fourth-order valence-corrected chi connectivity index (χ4v) is 3.83. The summed E-state index contributed by atoms with van der Waals surface area (Å²) in [6.45, 7) is 4.40. The molecule has 24 heavy (non-hydrogen) atoms. The number of nitrogens with one attached hydrogen (secondary N) is 1. The number of piperidine rings is 1. The summed E-state index contributed by atoms with van der Waals surface area (Å²) in [6.07, 6.45) is 3.73. The maximum Gasteiger partial charge on any atom is 0.317 e. The lowest BCUT2D eigenvalue weighted by Gasteiger charge is -2.37. The van der Waals surface area contributed by atoms with Crippen LogP contribution in [0.4, 0.5) is 10.6 Å². The molecule has 3 heterocycles. The Morgan fingerprint density at radius 2 is 2.38 bits per heavy atom. The Kier molecular flexibility index (Phi) is 5.30. The number of urea groups is 1. The minimum atomic E-state index is -0.0217. The van der Waals surface area contributed by atoms with Crippen molar-refractivity contribution in [3.63, 3.8) is 0 Å². The first-order valence-electron chi connectivity index (χ1n) is 8.20. The van der Waals surface area contributed by atoms with Crippen molar-refractivity contribution in [1.82, 2.24) is 20.4 Å². The summed E-state index contributed by atoms with van der Waals surface area (Å²) in [7, 11) is 1.88. The van der Waals surface area contributed by atoms with Crippen LogP contribution in [-0.4, -0.2) is 47.3 Å². The Morgan fingerprint density at radius 3 is 3.08 bits per heavy atom. The molecular formula is C17H23N5OS. The van der Waals surface area contributed by atoms with E-state index >= 15 is 0 Å². The van der Waals surface area contributed by atoms with Gasteiger partial charge in [-0.05, 0) is 53.8 Å².